The predicted molar refractivity (Wildman–Crippen MR) is 74.5 cm³/mol. The Kier molecular flexibility index (Phi) is 4.00. The molecule has 0 aliphatic carbocycles. The van der Waals surface area contributed by atoms with Crippen LogP contribution in [0.2, 0.25) is 5.02 Å². The molecular weight excluding hydrogens is 282 g/mol. The number of hydrogen-bond acceptors (Lipinski definition) is 4. The lowest BCUT2D eigenvalue weighted by Crippen LogP contribution is -2.04. The van der Waals surface area contributed by atoms with E-state index in [1.807, 2.05) is 0 Å². The highest BCUT2D eigenvalue weighted by molar-refractivity contribution is 6.35. The zero-order chi connectivity index (χ0) is 14.7. The maximum atomic E-state index is 12.3. The maximum Gasteiger partial charge on any atom is 0.312 e. The fourth-order valence-electron chi connectivity index (χ4n) is 1.77. The van der Waals surface area contributed by atoms with Crippen LogP contribution in [0.3, 0.4) is 0 Å². The Morgan fingerprint density at radius 3 is 2.45 bits per heavy atom. The molecule has 0 spiro atoms. The molecule has 102 valence electrons. The first-order valence-electron chi connectivity index (χ1n) is 5.66. The minimum Gasteiger partial charge on any atom is -0.490 e. The van der Waals surface area contributed by atoms with E-state index in [0.29, 0.717) is 5.56 Å². The summed E-state index contributed by atoms with van der Waals surface area (Å²) >= 11 is 5.97. The molecule has 0 N–H and O–H groups in total. The molecule has 0 heterocycles. The standard InChI is InChI=1S/C14H10ClNO4/c1-20-13-7-10(11(15)8-12(13)16(18)19)14(17)9-5-3-2-4-6-9/h2-8H,1H3. The largest absolute Gasteiger partial charge is 0.490 e. The third-order valence-corrected chi connectivity index (χ3v) is 3.06. The van der Waals surface area contributed by atoms with Gasteiger partial charge >= 0.3 is 5.69 Å². The van der Waals surface area contributed by atoms with Crippen molar-refractivity contribution >= 4 is 23.1 Å². The molecule has 0 radical (unpaired) electrons. The Labute approximate surface area is 119 Å². The quantitative estimate of drug-likeness (QED) is 0.491. The number of rotatable bonds is 4. The number of benzene rings is 2. The first kappa shape index (κ1) is 14.0. The summed E-state index contributed by atoms with van der Waals surface area (Å²) in [5.41, 5.74) is 0.340. The molecule has 2 aromatic rings. The van der Waals surface area contributed by atoms with Crippen LogP contribution in [0.5, 0.6) is 5.75 Å². The summed E-state index contributed by atoms with van der Waals surface area (Å²) in [5, 5.41) is 10.9. The van der Waals surface area contributed by atoms with Gasteiger partial charge in [-0.3, -0.25) is 14.9 Å². The number of nitrogens with zero attached hydrogens (tertiary/aromatic N) is 1. The number of carbonyl (C=O) groups excluding carboxylic acids is 1. The van der Waals surface area contributed by atoms with Gasteiger partial charge in [0.15, 0.2) is 11.5 Å². The Bertz CT molecular complexity index is 670. The van der Waals surface area contributed by atoms with Gasteiger partial charge in [0, 0.05) is 17.2 Å². The third-order valence-electron chi connectivity index (χ3n) is 2.75. The highest BCUT2D eigenvalue weighted by Gasteiger charge is 2.22. The molecule has 0 amide bonds. The second kappa shape index (κ2) is 5.71. The third kappa shape index (κ3) is 2.62. The van der Waals surface area contributed by atoms with Gasteiger partial charge in [-0.2, -0.15) is 0 Å². The summed E-state index contributed by atoms with van der Waals surface area (Å²) < 4.78 is 4.94. The average Bonchev–Trinajstić information content (AvgIpc) is 2.47. The van der Waals surface area contributed by atoms with Crippen LogP contribution in [0, 0.1) is 10.1 Å². The molecule has 0 fully saturated rings. The van der Waals surface area contributed by atoms with E-state index in [-0.39, 0.29) is 27.8 Å². The molecular formula is C14H10ClNO4. The molecule has 0 unspecified atom stereocenters. The van der Waals surface area contributed by atoms with Crippen molar-refractivity contribution in [2.24, 2.45) is 0 Å². The minimum absolute atomic E-state index is 0.00122. The Hall–Kier alpha value is -2.40. The van der Waals surface area contributed by atoms with Gasteiger partial charge < -0.3 is 4.74 Å². The Morgan fingerprint density at radius 2 is 1.90 bits per heavy atom. The van der Waals surface area contributed by atoms with Crippen molar-refractivity contribution in [3.8, 4) is 5.75 Å². The minimum atomic E-state index is -0.610. The summed E-state index contributed by atoms with van der Waals surface area (Å²) in [6.45, 7) is 0. The van der Waals surface area contributed by atoms with Gasteiger partial charge in [0.05, 0.1) is 17.1 Å². The van der Waals surface area contributed by atoms with Crippen molar-refractivity contribution < 1.29 is 14.5 Å². The lowest BCUT2D eigenvalue weighted by atomic mass is 10.0. The van der Waals surface area contributed by atoms with Crippen LogP contribution in [-0.4, -0.2) is 17.8 Å². The summed E-state index contributed by atoms with van der Waals surface area (Å²) in [6.07, 6.45) is 0. The van der Waals surface area contributed by atoms with Gasteiger partial charge in [-0.1, -0.05) is 41.9 Å². The molecule has 0 atom stereocenters. The highest BCUT2D eigenvalue weighted by Crippen LogP contribution is 2.33. The van der Waals surface area contributed by atoms with Crippen LogP contribution in [-0.2, 0) is 0 Å². The number of hydrogen-bond donors (Lipinski definition) is 0. The van der Waals surface area contributed by atoms with E-state index >= 15 is 0 Å². The summed E-state index contributed by atoms with van der Waals surface area (Å²) in [7, 11) is 1.30. The van der Waals surface area contributed by atoms with Crippen molar-refractivity contribution in [3.63, 3.8) is 0 Å². The number of methoxy groups -OCH3 is 1. The number of ether oxygens (including phenoxy) is 1. The Morgan fingerprint density at radius 1 is 1.25 bits per heavy atom. The van der Waals surface area contributed by atoms with Crippen molar-refractivity contribution in [3.05, 3.63) is 68.7 Å². The van der Waals surface area contributed by atoms with Gasteiger partial charge in [-0.05, 0) is 6.07 Å². The summed E-state index contributed by atoms with van der Waals surface area (Å²) in [6, 6.07) is 10.9. The van der Waals surface area contributed by atoms with Crippen LogP contribution >= 0.6 is 11.6 Å². The van der Waals surface area contributed by atoms with Crippen molar-refractivity contribution in [2.75, 3.05) is 7.11 Å². The van der Waals surface area contributed by atoms with E-state index in [9.17, 15) is 14.9 Å². The van der Waals surface area contributed by atoms with Crippen molar-refractivity contribution in [2.45, 2.75) is 0 Å². The molecule has 0 aromatic heterocycles. The number of nitro groups is 1. The van der Waals surface area contributed by atoms with E-state index in [0.717, 1.165) is 6.07 Å². The topological polar surface area (TPSA) is 69.4 Å². The molecule has 5 nitrogen and oxygen atoms in total. The molecule has 20 heavy (non-hydrogen) atoms. The molecule has 0 bridgehead atoms. The zero-order valence-corrected chi connectivity index (χ0v) is 11.3. The molecule has 6 heteroatoms. The summed E-state index contributed by atoms with van der Waals surface area (Å²) in [5.74, 6) is -0.317. The van der Waals surface area contributed by atoms with Crippen molar-refractivity contribution in [1.29, 1.82) is 0 Å². The fraction of sp³-hybridized carbons (Fsp3) is 0.0714. The molecule has 0 aliphatic heterocycles. The smallest absolute Gasteiger partial charge is 0.312 e. The van der Waals surface area contributed by atoms with Gasteiger partial charge in [-0.25, -0.2) is 0 Å². The second-order valence-electron chi connectivity index (χ2n) is 3.96. The van der Waals surface area contributed by atoms with E-state index in [1.54, 1.807) is 30.3 Å². The Balaban J connectivity index is 2.53. The van der Waals surface area contributed by atoms with Gasteiger partial charge in [0.2, 0.25) is 0 Å². The number of halogens is 1. The van der Waals surface area contributed by atoms with Crippen molar-refractivity contribution in [1.82, 2.24) is 0 Å². The number of nitro benzene ring substituents is 1. The van der Waals surface area contributed by atoms with E-state index in [2.05, 4.69) is 0 Å². The van der Waals surface area contributed by atoms with Crippen LogP contribution in [0.4, 0.5) is 5.69 Å². The maximum absolute atomic E-state index is 12.3. The number of ketones is 1. The van der Waals surface area contributed by atoms with Gasteiger partial charge in [0.25, 0.3) is 0 Å². The average molecular weight is 292 g/mol. The predicted octanol–water partition coefficient (Wildman–Crippen LogP) is 3.49. The van der Waals surface area contributed by atoms with E-state index < -0.39 is 4.92 Å². The van der Waals surface area contributed by atoms with E-state index in [4.69, 9.17) is 16.3 Å². The zero-order valence-electron chi connectivity index (χ0n) is 10.5. The first-order valence-corrected chi connectivity index (χ1v) is 6.04. The molecule has 0 saturated heterocycles. The fourth-order valence-corrected chi connectivity index (χ4v) is 2.01. The number of carbonyl (C=O) groups is 1. The SMILES string of the molecule is COc1cc(C(=O)c2ccccc2)c(Cl)cc1[N+](=O)[O-]. The highest BCUT2D eigenvalue weighted by atomic mass is 35.5. The van der Waals surface area contributed by atoms with Gasteiger partial charge in [-0.15, -0.1) is 0 Å². The first-order chi connectivity index (χ1) is 9.54. The van der Waals surface area contributed by atoms with Crippen LogP contribution in [0.15, 0.2) is 42.5 Å². The van der Waals surface area contributed by atoms with Crippen LogP contribution in [0.25, 0.3) is 0 Å². The monoisotopic (exact) mass is 291 g/mol. The lowest BCUT2D eigenvalue weighted by molar-refractivity contribution is -0.385. The molecule has 0 saturated carbocycles. The lowest BCUT2D eigenvalue weighted by Gasteiger charge is -2.07. The van der Waals surface area contributed by atoms with Gasteiger partial charge in [0.1, 0.15) is 0 Å². The van der Waals surface area contributed by atoms with Crippen LogP contribution < -0.4 is 4.74 Å². The molecule has 2 aromatic carbocycles. The molecule has 2 rings (SSSR count). The van der Waals surface area contributed by atoms with Crippen LogP contribution in [0.1, 0.15) is 15.9 Å². The molecule has 0 aliphatic rings. The van der Waals surface area contributed by atoms with E-state index in [1.165, 1.54) is 13.2 Å². The second-order valence-corrected chi connectivity index (χ2v) is 4.36. The normalized spacial score (nSPS) is 10.1. The summed E-state index contributed by atoms with van der Waals surface area (Å²) in [4.78, 5) is 22.6.